The molecule has 0 saturated heterocycles. The minimum Gasteiger partial charge on any atom is -0.380 e. The summed E-state index contributed by atoms with van der Waals surface area (Å²) in [6.07, 6.45) is 0. The molecule has 0 spiro atoms. The molecule has 1 aromatic rings. The number of rotatable bonds is 3. The third kappa shape index (κ3) is 2.01. The highest BCUT2D eigenvalue weighted by Gasteiger charge is 2.27. The lowest BCUT2D eigenvalue weighted by molar-refractivity contribution is -0.0838. The summed E-state index contributed by atoms with van der Waals surface area (Å²) in [4.78, 5) is 0. The van der Waals surface area contributed by atoms with Gasteiger partial charge in [-0.1, -0.05) is 0 Å². The van der Waals surface area contributed by atoms with E-state index in [1.165, 1.54) is 0 Å². The molecule has 2 heterocycles. The van der Waals surface area contributed by atoms with E-state index in [1.807, 2.05) is 16.8 Å². The van der Waals surface area contributed by atoms with E-state index in [0.29, 0.717) is 16.7 Å². The first-order chi connectivity index (χ1) is 8.52. The van der Waals surface area contributed by atoms with Gasteiger partial charge in [0.05, 0.1) is 0 Å². The zero-order valence-electron chi connectivity index (χ0n) is 9.37. The van der Waals surface area contributed by atoms with E-state index in [4.69, 9.17) is 17.2 Å². The number of nitrogens with two attached hydrogens (primary N) is 3. The van der Waals surface area contributed by atoms with E-state index in [-0.39, 0.29) is 23.3 Å². The number of hydrogen-bond donors (Lipinski definition) is 6. The Bertz CT molecular complexity index is 497. The van der Waals surface area contributed by atoms with Crippen LogP contribution in [0.25, 0.3) is 0 Å². The van der Waals surface area contributed by atoms with Crippen molar-refractivity contribution in [2.24, 2.45) is 17.2 Å². The first-order valence-corrected chi connectivity index (χ1v) is 5.94. The van der Waals surface area contributed by atoms with Crippen LogP contribution in [0.15, 0.2) is 40.1 Å². The second-order valence-corrected chi connectivity index (χ2v) is 4.39. The molecule has 9 heteroatoms. The molecule has 0 atom stereocenters. The molecule has 0 bridgehead atoms. The molecule has 1 aromatic heterocycles. The summed E-state index contributed by atoms with van der Waals surface area (Å²) in [6.45, 7) is 0.428. The number of hydrogen-bond acceptors (Lipinski definition) is 9. The van der Waals surface area contributed by atoms with Crippen LogP contribution in [-0.4, -0.2) is 20.5 Å². The molecule has 98 valence electrons. The molecule has 0 amide bonds. The lowest BCUT2D eigenvalue weighted by Crippen LogP contribution is -2.46. The van der Waals surface area contributed by atoms with Gasteiger partial charge in [-0.15, -0.1) is 0 Å². The summed E-state index contributed by atoms with van der Waals surface area (Å²) in [5.74, 6) is -0.523. The molecule has 0 aromatic carbocycles. The van der Waals surface area contributed by atoms with E-state index in [1.54, 1.807) is 11.3 Å². The van der Waals surface area contributed by atoms with Gasteiger partial charge in [0.2, 0.25) is 0 Å². The standard InChI is InChI=1S/C9H14N6O2S/c10-6-7(11)15(17)9(8(12)14(6)16)13-3-5-1-2-18-4-5/h1-2,4,13,16-17H,3,10-12H2. The van der Waals surface area contributed by atoms with Gasteiger partial charge in [-0.3, -0.25) is 10.4 Å². The average Bonchev–Trinajstić information content (AvgIpc) is 2.87. The second kappa shape index (κ2) is 4.64. The van der Waals surface area contributed by atoms with Crippen LogP contribution < -0.4 is 22.5 Å². The highest BCUT2D eigenvalue weighted by atomic mass is 32.1. The lowest BCUT2D eigenvalue weighted by Gasteiger charge is -2.32. The lowest BCUT2D eigenvalue weighted by atomic mass is 10.3. The third-order valence-electron chi connectivity index (χ3n) is 2.44. The normalized spacial score (nSPS) is 16.6. The van der Waals surface area contributed by atoms with Crippen LogP contribution in [-0.2, 0) is 6.54 Å². The second-order valence-electron chi connectivity index (χ2n) is 3.61. The Balaban J connectivity index is 2.16. The van der Waals surface area contributed by atoms with Crippen LogP contribution in [0, 0.1) is 0 Å². The number of nitrogens with one attached hydrogen (secondary N) is 1. The molecule has 0 radical (unpaired) electrons. The largest absolute Gasteiger partial charge is 0.380 e. The fourth-order valence-corrected chi connectivity index (χ4v) is 2.09. The quantitative estimate of drug-likeness (QED) is 0.427. The summed E-state index contributed by atoms with van der Waals surface area (Å²) < 4.78 is 0. The predicted molar refractivity (Wildman–Crippen MR) is 65.0 cm³/mol. The van der Waals surface area contributed by atoms with Crippen LogP contribution in [0.4, 0.5) is 0 Å². The summed E-state index contributed by atoms with van der Waals surface area (Å²) in [5, 5.41) is 27.2. The van der Waals surface area contributed by atoms with Gasteiger partial charge in [0.25, 0.3) is 0 Å². The van der Waals surface area contributed by atoms with Crippen molar-refractivity contribution in [3.8, 4) is 0 Å². The molecule has 18 heavy (non-hydrogen) atoms. The zero-order valence-corrected chi connectivity index (χ0v) is 10.2. The summed E-state index contributed by atoms with van der Waals surface area (Å²) in [5.41, 5.74) is 17.6. The maximum absolute atomic E-state index is 9.76. The summed E-state index contributed by atoms with van der Waals surface area (Å²) in [6, 6.07) is 1.92. The fraction of sp³-hybridized carbons (Fsp3) is 0.111. The summed E-state index contributed by atoms with van der Waals surface area (Å²) in [7, 11) is 0. The predicted octanol–water partition coefficient (Wildman–Crippen LogP) is -0.637. The average molecular weight is 270 g/mol. The highest BCUT2D eigenvalue weighted by molar-refractivity contribution is 7.07. The van der Waals surface area contributed by atoms with Crippen LogP contribution in [0.5, 0.6) is 0 Å². The molecule has 1 aliphatic heterocycles. The molecule has 2 rings (SSSR count). The van der Waals surface area contributed by atoms with Gasteiger partial charge in [-0.25, -0.2) is 0 Å². The molecule has 0 unspecified atom stereocenters. The van der Waals surface area contributed by atoms with Crippen molar-refractivity contribution in [3.63, 3.8) is 0 Å². The zero-order chi connectivity index (χ0) is 13.3. The molecule has 0 saturated carbocycles. The molecule has 1 aliphatic rings. The Morgan fingerprint density at radius 3 is 2.39 bits per heavy atom. The van der Waals surface area contributed by atoms with Crippen molar-refractivity contribution in [2.75, 3.05) is 0 Å². The number of nitrogens with zero attached hydrogens (tertiary/aromatic N) is 2. The van der Waals surface area contributed by atoms with Gasteiger partial charge in [0, 0.05) is 6.54 Å². The van der Waals surface area contributed by atoms with E-state index in [0.717, 1.165) is 5.56 Å². The van der Waals surface area contributed by atoms with Crippen molar-refractivity contribution < 1.29 is 10.4 Å². The Hall–Kier alpha value is -2.10. The van der Waals surface area contributed by atoms with Gasteiger partial charge in [-0.05, 0) is 22.4 Å². The molecule has 8 nitrogen and oxygen atoms in total. The minimum absolute atomic E-state index is 0.0652. The number of hydroxylamine groups is 4. The highest BCUT2D eigenvalue weighted by Crippen LogP contribution is 2.19. The Morgan fingerprint density at radius 2 is 1.78 bits per heavy atom. The first kappa shape index (κ1) is 12.4. The van der Waals surface area contributed by atoms with Crippen LogP contribution in [0.1, 0.15) is 5.56 Å². The number of thiophene rings is 1. The van der Waals surface area contributed by atoms with Crippen molar-refractivity contribution in [3.05, 3.63) is 45.7 Å². The van der Waals surface area contributed by atoms with E-state index < -0.39 is 0 Å². The minimum atomic E-state index is -0.240. The third-order valence-corrected chi connectivity index (χ3v) is 3.17. The molecular weight excluding hydrogens is 256 g/mol. The SMILES string of the molecule is NC1=C(N)N(O)C(NCc2ccsc2)=C(N)N1O. The Kier molecular flexibility index (Phi) is 3.19. The van der Waals surface area contributed by atoms with E-state index in [2.05, 4.69) is 5.32 Å². The van der Waals surface area contributed by atoms with E-state index >= 15 is 0 Å². The van der Waals surface area contributed by atoms with Gasteiger partial charge in [0.15, 0.2) is 23.3 Å². The summed E-state index contributed by atoms with van der Waals surface area (Å²) >= 11 is 1.55. The van der Waals surface area contributed by atoms with Gasteiger partial charge < -0.3 is 22.5 Å². The maximum atomic E-state index is 9.76. The van der Waals surface area contributed by atoms with Crippen molar-refractivity contribution in [1.29, 1.82) is 0 Å². The van der Waals surface area contributed by atoms with Gasteiger partial charge >= 0.3 is 0 Å². The van der Waals surface area contributed by atoms with Gasteiger partial charge in [0.1, 0.15) is 0 Å². The fourth-order valence-electron chi connectivity index (χ4n) is 1.42. The van der Waals surface area contributed by atoms with Crippen molar-refractivity contribution in [1.82, 2.24) is 15.4 Å². The molecule has 0 fully saturated rings. The van der Waals surface area contributed by atoms with Gasteiger partial charge in [-0.2, -0.15) is 21.5 Å². The van der Waals surface area contributed by atoms with Crippen LogP contribution in [0.3, 0.4) is 0 Å². The van der Waals surface area contributed by atoms with Crippen LogP contribution in [0.2, 0.25) is 0 Å². The molecule has 0 aliphatic carbocycles. The van der Waals surface area contributed by atoms with E-state index in [9.17, 15) is 10.4 Å². The molecular formula is C9H14N6O2S. The Labute approximate surface area is 107 Å². The monoisotopic (exact) mass is 270 g/mol. The maximum Gasteiger partial charge on any atom is 0.177 e. The van der Waals surface area contributed by atoms with Crippen molar-refractivity contribution in [2.45, 2.75) is 6.54 Å². The smallest absolute Gasteiger partial charge is 0.177 e. The Morgan fingerprint density at radius 1 is 1.11 bits per heavy atom. The van der Waals surface area contributed by atoms with Crippen LogP contribution >= 0.6 is 11.3 Å². The first-order valence-electron chi connectivity index (χ1n) is 5.00. The topological polar surface area (TPSA) is 137 Å². The van der Waals surface area contributed by atoms with Crippen molar-refractivity contribution >= 4 is 11.3 Å². The molecule has 9 N–H and O–H groups in total.